The van der Waals surface area contributed by atoms with Crippen LogP contribution in [0.4, 0.5) is 0 Å². The van der Waals surface area contributed by atoms with Gasteiger partial charge in [-0.2, -0.15) is 0 Å². The van der Waals surface area contributed by atoms with E-state index in [9.17, 15) is 0 Å². The molecule has 0 N–H and O–H groups in total. The lowest BCUT2D eigenvalue weighted by Gasteiger charge is -2.06. The first kappa shape index (κ1) is 14.9. The standard InChI is InChI=1S/C16H12Cl2N2O2/c1-10-8-11(17)6-7-14(10)21-9-15-19-20-16(22-15)12-4-2-3-5-13(12)18/h2-8H,9H2,1H3. The molecule has 0 atom stereocenters. The highest BCUT2D eigenvalue weighted by Gasteiger charge is 2.12. The molecule has 112 valence electrons. The molecule has 0 aliphatic rings. The van der Waals surface area contributed by atoms with Crippen molar-refractivity contribution in [3.63, 3.8) is 0 Å². The fourth-order valence-electron chi connectivity index (χ4n) is 1.97. The topological polar surface area (TPSA) is 48.2 Å². The summed E-state index contributed by atoms with van der Waals surface area (Å²) in [5.41, 5.74) is 1.64. The van der Waals surface area contributed by atoms with E-state index in [1.54, 1.807) is 12.1 Å². The predicted octanol–water partition coefficient (Wildman–Crippen LogP) is 4.93. The van der Waals surface area contributed by atoms with Crippen LogP contribution in [-0.2, 0) is 6.61 Å². The number of aryl methyl sites for hydroxylation is 1. The van der Waals surface area contributed by atoms with Crippen molar-refractivity contribution in [1.82, 2.24) is 10.2 Å². The van der Waals surface area contributed by atoms with Gasteiger partial charge in [0.1, 0.15) is 5.75 Å². The van der Waals surface area contributed by atoms with E-state index >= 15 is 0 Å². The highest BCUT2D eigenvalue weighted by molar-refractivity contribution is 6.33. The number of hydrogen-bond donors (Lipinski definition) is 0. The largest absolute Gasteiger partial charge is 0.484 e. The maximum Gasteiger partial charge on any atom is 0.254 e. The Hall–Kier alpha value is -2.04. The number of rotatable bonds is 4. The molecule has 1 aromatic heterocycles. The van der Waals surface area contributed by atoms with Crippen LogP contribution in [0.1, 0.15) is 11.5 Å². The third-order valence-electron chi connectivity index (χ3n) is 3.06. The maximum atomic E-state index is 6.11. The van der Waals surface area contributed by atoms with Gasteiger partial charge in [0, 0.05) is 5.02 Å². The van der Waals surface area contributed by atoms with Crippen molar-refractivity contribution < 1.29 is 9.15 Å². The predicted molar refractivity (Wildman–Crippen MR) is 85.3 cm³/mol. The van der Waals surface area contributed by atoms with Gasteiger partial charge in [0.25, 0.3) is 5.89 Å². The van der Waals surface area contributed by atoms with Crippen LogP contribution < -0.4 is 4.74 Å². The molecule has 0 fully saturated rings. The minimum Gasteiger partial charge on any atom is -0.484 e. The Morgan fingerprint density at radius 2 is 1.91 bits per heavy atom. The van der Waals surface area contributed by atoms with E-state index in [1.165, 1.54) is 0 Å². The van der Waals surface area contributed by atoms with Crippen molar-refractivity contribution >= 4 is 23.2 Å². The summed E-state index contributed by atoms with van der Waals surface area (Å²) in [5, 5.41) is 9.20. The minimum atomic E-state index is 0.180. The van der Waals surface area contributed by atoms with Gasteiger partial charge < -0.3 is 9.15 Å². The summed E-state index contributed by atoms with van der Waals surface area (Å²) in [7, 11) is 0. The summed E-state index contributed by atoms with van der Waals surface area (Å²) in [6.45, 7) is 2.10. The first-order valence-corrected chi connectivity index (χ1v) is 7.35. The van der Waals surface area contributed by atoms with E-state index < -0.39 is 0 Å². The molecule has 4 nitrogen and oxygen atoms in total. The molecule has 0 amide bonds. The number of halogens is 2. The number of hydrogen-bond acceptors (Lipinski definition) is 4. The normalized spacial score (nSPS) is 10.7. The van der Waals surface area contributed by atoms with Gasteiger partial charge in [0.05, 0.1) is 10.6 Å². The summed E-state index contributed by atoms with van der Waals surface area (Å²) >= 11 is 12.0. The molecule has 0 aliphatic carbocycles. The number of nitrogens with zero attached hydrogens (tertiary/aromatic N) is 2. The van der Waals surface area contributed by atoms with Crippen LogP contribution in [0.3, 0.4) is 0 Å². The summed E-state index contributed by atoms with van der Waals surface area (Å²) in [4.78, 5) is 0. The smallest absolute Gasteiger partial charge is 0.254 e. The van der Waals surface area contributed by atoms with E-state index in [0.29, 0.717) is 27.4 Å². The lowest BCUT2D eigenvalue weighted by Crippen LogP contribution is -1.97. The van der Waals surface area contributed by atoms with Gasteiger partial charge in [0.2, 0.25) is 5.89 Å². The molecular weight excluding hydrogens is 323 g/mol. The van der Waals surface area contributed by atoms with Crippen molar-refractivity contribution in [3.8, 4) is 17.2 Å². The van der Waals surface area contributed by atoms with Gasteiger partial charge in [0.15, 0.2) is 6.61 Å². The zero-order valence-corrected chi connectivity index (χ0v) is 13.2. The van der Waals surface area contributed by atoms with Crippen molar-refractivity contribution in [2.45, 2.75) is 13.5 Å². The second-order valence-electron chi connectivity index (χ2n) is 4.68. The molecule has 2 aromatic carbocycles. The lowest BCUT2D eigenvalue weighted by molar-refractivity contribution is 0.263. The van der Waals surface area contributed by atoms with E-state index in [2.05, 4.69) is 10.2 Å². The van der Waals surface area contributed by atoms with Gasteiger partial charge in [-0.05, 0) is 42.8 Å². The van der Waals surface area contributed by atoms with Crippen LogP contribution in [0.2, 0.25) is 10.0 Å². The Kier molecular flexibility index (Phi) is 4.32. The van der Waals surface area contributed by atoms with Gasteiger partial charge >= 0.3 is 0 Å². The SMILES string of the molecule is Cc1cc(Cl)ccc1OCc1nnc(-c2ccccc2Cl)o1. The molecule has 0 spiro atoms. The molecule has 1 heterocycles. The van der Waals surface area contributed by atoms with Gasteiger partial charge in [-0.15, -0.1) is 10.2 Å². The molecule has 3 rings (SSSR count). The van der Waals surface area contributed by atoms with E-state index in [4.69, 9.17) is 32.4 Å². The summed E-state index contributed by atoms with van der Waals surface area (Å²) in [6, 6.07) is 12.7. The first-order valence-electron chi connectivity index (χ1n) is 6.60. The Labute approximate surface area is 137 Å². The highest BCUT2D eigenvalue weighted by Crippen LogP contribution is 2.27. The molecule has 6 heteroatoms. The van der Waals surface area contributed by atoms with E-state index in [-0.39, 0.29) is 6.61 Å². The zero-order valence-electron chi connectivity index (χ0n) is 11.7. The van der Waals surface area contributed by atoms with Crippen LogP contribution in [0, 0.1) is 6.92 Å². The summed E-state index contributed by atoms with van der Waals surface area (Å²) in [5.74, 6) is 1.48. The summed E-state index contributed by atoms with van der Waals surface area (Å²) < 4.78 is 11.2. The summed E-state index contributed by atoms with van der Waals surface area (Å²) in [6.07, 6.45) is 0. The third-order valence-corrected chi connectivity index (χ3v) is 3.62. The van der Waals surface area contributed by atoms with Gasteiger partial charge in [-0.25, -0.2) is 0 Å². The molecule has 0 aliphatic heterocycles. The van der Waals surface area contributed by atoms with Crippen LogP contribution >= 0.6 is 23.2 Å². The molecular formula is C16H12Cl2N2O2. The molecule has 0 radical (unpaired) electrons. The van der Waals surface area contributed by atoms with Crippen LogP contribution in [0.5, 0.6) is 5.75 Å². The van der Waals surface area contributed by atoms with Gasteiger partial charge in [-0.1, -0.05) is 35.3 Å². The van der Waals surface area contributed by atoms with Crippen molar-refractivity contribution in [2.75, 3.05) is 0 Å². The molecule has 0 saturated heterocycles. The van der Waals surface area contributed by atoms with Gasteiger partial charge in [-0.3, -0.25) is 0 Å². The minimum absolute atomic E-state index is 0.180. The van der Waals surface area contributed by atoms with E-state index in [1.807, 2.05) is 37.3 Å². The average Bonchev–Trinajstić information content (AvgIpc) is 2.95. The van der Waals surface area contributed by atoms with Crippen molar-refractivity contribution in [1.29, 1.82) is 0 Å². The van der Waals surface area contributed by atoms with Crippen LogP contribution in [0.15, 0.2) is 46.9 Å². The Bertz CT molecular complexity index is 802. The lowest BCUT2D eigenvalue weighted by atomic mass is 10.2. The molecule has 3 aromatic rings. The highest BCUT2D eigenvalue weighted by atomic mass is 35.5. The fraction of sp³-hybridized carbons (Fsp3) is 0.125. The third kappa shape index (κ3) is 3.24. The van der Waals surface area contributed by atoms with E-state index in [0.717, 1.165) is 11.3 Å². The molecule has 0 unspecified atom stereocenters. The van der Waals surface area contributed by atoms with Crippen molar-refractivity contribution in [2.24, 2.45) is 0 Å². The zero-order chi connectivity index (χ0) is 15.5. The second-order valence-corrected chi connectivity index (χ2v) is 5.52. The van der Waals surface area contributed by atoms with Crippen LogP contribution in [0.25, 0.3) is 11.5 Å². The number of benzene rings is 2. The number of aromatic nitrogens is 2. The van der Waals surface area contributed by atoms with Crippen LogP contribution in [-0.4, -0.2) is 10.2 Å². The monoisotopic (exact) mass is 334 g/mol. The fourth-order valence-corrected chi connectivity index (χ4v) is 2.41. The maximum absolute atomic E-state index is 6.11. The molecule has 0 saturated carbocycles. The Morgan fingerprint density at radius 1 is 1.09 bits per heavy atom. The second kappa shape index (κ2) is 6.38. The Morgan fingerprint density at radius 3 is 2.68 bits per heavy atom. The molecule has 22 heavy (non-hydrogen) atoms. The average molecular weight is 335 g/mol. The molecule has 0 bridgehead atoms. The quantitative estimate of drug-likeness (QED) is 0.678. The number of ether oxygens (including phenoxy) is 1. The van der Waals surface area contributed by atoms with Crippen molar-refractivity contribution in [3.05, 3.63) is 64.0 Å². The Balaban J connectivity index is 1.74. The first-order chi connectivity index (χ1) is 10.6.